The molecule has 19 heavy (non-hydrogen) atoms. The van der Waals surface area contributed by atoms with E-state index in [0.29, 0.717) is 24.7 Å². The number of aliphatic hydroxyl groups is 1. The lowest BCUT2D eigenvalue weighted by molar-refractivity contribution is -0.0861. The predicted octanol–water partition coefficient (Wildman–Crippen LogP) is 1.84. The highest BCUT2D eigenvalue weighted by atomic mass is 35.5. The van der Waals surface area contributed by atoms with Crippen molar-refractivity contribution < 1.29 is 9.90 Å². The molecule has 0 bridgehead atoms. The van der Waals surface area contributed by atoms with Crippen LogP contribution in [0.15, 0.2) is 11.4 Å². The summed E-state index contributed by atoms with van der Waals surface area (Å²) in [6, 6.07) is 0. The maximum atomic E-state index is 12.2. The van der Waals surface area contributed by atoms with E-state index in [-0.39, 0.29) is 16.6 Å². The number of hydrogen-bond acceptors (Lipinski definition) is 5. The molecule has 104 valence electrons. The summed E-state index contributed by atoms with van der Waals surface area (Å²) in [5.41, 5.74) is -0.536. The highest BCUT2D eigenvalue weighted by Crippen LogP contribution is 2.28. The first kappa shape index (κ1) is 14.6. The minimum atomic E-state index is -0.744. The summed E-state index contributed by atoms with van der Waals surface area (Å²) in [7, 11) is 0. The fourth-order valence-electron chi connectivity index (χ4n) is 2.18. The molecule has 0 aliphatic carbocycles. The Hall–Kier alpha value is -0.850. The molecule has 2 heterocycles. The first-order chi connectivity index (χ1) is 8.99. The number of aromatic nitrogens is 2. The quantitative estimate of drug-likeness (QED) is 0.679. The number of carbonyl (C=O) groups excluding carboxylic acids is 1. The van der Waals surface area contributed by atoms with E-state index >= 15 is 0 Å². The summed E-state index contributed by atoms with van der Waals surface area (Å²) >= 11 is 7.31. The van der Waals surface area contributed by atoms with Crippen molar-refractivity contribution in [3.63, 3.8) is 0 Å². The van der Waals surface area contributed by atoms with Crippen LogP contribution in [0.3, 0.4) is 0 Å². The van der Waals surface area contributed by atoms with E-state index in [2.05, 4.69) is 9.97 Å². The molecule has 2 rings (SSSR count). The second kappa shape index (κ2) is 5.64. The molecule has 7 heteroatoms. The van der Waals surface area contributed by atoms with Gasteiger partial charge in [0, 0.05) is 0 Å². The lowest BCUT2D eigenvalue weighted by Gasteiger charge is -2.46. The summed E-state index contributed by atoms with van der Waals surface area (Å²) in [6.45, 7) is 2.69. The van der Waals surface area contributed by atoms with Crippen molar-refractivity contribution in [1.29, 1.82) is 0 Å². The number of halogens is 1. The van der Waals surface area contributed by atoms with Crippen molar-refractivity contribution in [1.82, 2.24) is 14.9 Å². The van der Waals surface area contributed by atoms with Crippen molar-refractivity contribution in [3.05, 3.63) is 16.9 Å². The van der Waals surface area contributed by atoms with E-state index in [1.807, 2.05) is 13.2 Å². The second-order valence-corrected chi connectivity index (χ2v) is 5.87. The Morgan fingerprint density at radius 1 is 1.63 bits per heavy atom. The lowest BCUT2D eigenvalue weighted by atomic mass is 9.89. The minimum Gasteiger partial charge on any atom is -0.386 e. The third-order valence-corrected chi connectivity index (χ3v) is 3.92. The summed E-state index contributed by atoms with van der Waals surface area (Å²) in [5.74, 6) is -0.247. The molecule has 0 radical (unpaired) electrons. The molecule has 1 saturated heterocycles. The zero-order chi connectivity index (χ0) is 14.0. The van der Waals surface area contributed by atoms with Crippen molar-refractivity contribution in [2.24, 2.45) is 0 Å². The number of thioether (sulfide) groups is 1. The van der Waals surface area contributed by atoms with Gasteiger partial charge in [0.2, 0.25) is 0 Å². The first-order valence-corrected chi connectivity index (χ1v) is 7.67. The minimum absolute atomic E-state index is 0.208. The molecule has 0 atom stereocenters. The van der Waals surface area contributed by atoms with Crippen LogP contribution in [0, 0.1) is 0 Å². The number of likely N-dealkylation sites (tertiary alicyclic amines) is 1. The van der Waals surface area contributed by atoms with Gasteiger partial charge in [0.1, 0.15) is 0 Å². The molecule has 0 saturated carbocycles. The van der Waals surface area contributed by atoms with Gasteiger partial charge in [0.05, 0.1) is 29.9 Å². The van der Waals surface area contributed by atoms with Crippen LogP contribution in [0.5, 0.6) is 0 Å². The number of rotatable bonds is 4. The molecule has 0 aromatic carbocycles. The highest BCUT2D eigenvalue weighted by Gasteiger charge is 2.43. The number of amides is 1. The number of carbonyl (C=O) groups is 1. The maximum Gasteiger partial charge on any atom is 0.274 e. The van der Waals surface area contributed by atoms with Crippen LogP contribution in [-0.4, -0.2) is 50.8 Å². The summed E-state index contributed by atoms with van der Waals surface area (Å²) in [5, 5.41) is 10.8. The SMILES string of the molecule is CCCC1(O)CN(C(=O)c2nc(SC)ncc2Cl)C1. The molecule has 1 fully saturated rings. The van der Waals surface area contributed by atoms with Crippen LogP contribution in [-0.2, 0) is 0 Å². The van der Waals surface area contributed by atoms with Crippen molar-refractivity contribution in [3.8, 4) is 0 Å². The first-order valence-electron chi connectivity index (χ1n) is 6.07. The Morgan fingerprint density at radius 2 is 2.32 bits per heavy atom. The number of β-amino-alcohol motifs (C(OH)–C–C–N with tert-alkyl or cyclic N) is 1. The predicted molar refractivity (Wildman–Crippen MR) is 74.6 cm³/mol. The Balaban J connectivity index is 2.10. The van der Waals surface area contributed by atoms with Crippen molar-refractivity contribution in [2.45, 2.75) is 30.5 Å². The smallest absolute Gasteiger partial charge is 0.274 e. The standard InChI is InChI=1S/C12H16ClN3O2S/c1-3-4-12(18)6-16(7-12)10(17)9-8(13)5-14-11(15-9)19-2/h5,18H,3-4,6-7H2,1-2H3. The van der Waals surface area contributed by atoms with Gasteiger partial charge in [0.15, 0.2) is 10.9 Å². The van der Waals surface area contributed by atoms with Gasteiger partial charge in [-0.15, -0.1) is 0 Å². The molecule has 1 amide bonds. The van der Waals surface area contributed by atoms with E-state index in [9.17, 15) is 9.90 Å². The second-order valence-electron chi connectivity index (χ2n) is 4.69. The Kier molecular flexibility index (Phi) is 4.32. The average Bonchev–Trinajstić information content (AvgIpc) is 2.36. The fourth-order valence-corrected chi connectivity index (χ4v) is 2.69. The van der Waals surface area contributed by atoms with Gasteiger partial charge < -0.3 is 10.0 Å². The third-order valence-electron chi connectivity index (χ3n) is 3.08. The molecular formula is C12H16ClN3O2S. The van der Waals surface area contributed by atoms with Crippen molar-refractivity contribution in [2.75, 3.05) is 19.3 Å². The van der Waals surface area contributed by atoms with Crippen LogP contribution in [0.1, 0.15) is 30.3 Å². The van der Waals surface area contributed by atoms with Crippen LogP contribution < -0.4 is 0 Å². The van der Waals surface area contributed by atoms with E-state index in [4.69, 9.17) is 11.6 Å². The Labute approximate surface area is 121 Å². The zero-order valence-corrected chi connectivity index (χ0v) is 12.5. The van der Waals surface area contributed by atoms with Crippen LogP contribution in [0.2, 0.25) is 5.02 Å². The summed E-state index contributed by atoms with van der Waals surface area (Å²) in [6.07, 6.45) is 4.86. The van der Waals surface area contributed by atoms with Gasteiger partial charge in [-0.2, -0.15) is 0 Å². The van der Waals surface area contributed by atoms with Crippen LogP contribution in [0.25, 0.3) is 0 Å². The molecule has 0 spiro atoms. The van der Waals surface area contributed by atoms with Gasteiger partial charge in [0.25, 0.3) is 5.91 Å². The lowest BCUT2D eigenvalue weighted by Crippen LogP contribution is -2.63. The van der Waals surface area contributed by atoms with Crippen LogP contribution >= 0.6 is 23.4 Å². The molecular weight excluding hydrogens is 286 g/mol. The topological polar surface area (TPSA) is 66.3 Å². The van der Waals surface area contributed by atoms with E-state index < -0.39 is 5.60 Å². The van der Waals surface area contributed by atoms with Crippen molar-refractivity contribution >= 4 is 29.3 Å². The summed E-state index contributed by atoms with van der Waals surface area (Å²) in [4.78, 5) is 21.9. The highest BCUT2D eigenvalue weighted by molar-refractivity contribution is 7.98. The molecule has 1 N–H and O–H groups in total. The van der Waals surface area contributed by atoms with E-state index in [1.54, 1.807) is 4.90 Å². The monoisotopic (exact) mass is 301 g/mol. The van der Waals surface area contributed by atoms with Gasteiger partial charge in [-0.25, -0.2) is 9.97 Å². The molecule has 1 aliphatic heterocycles. The Morgan fingerprint density at radius 3 is 2.89 bits per heavy atom. The van der Waals surface area contributed by atoms with Gasteiger partial charge in [-0.05, 0) is 12.7 Å². The normalized spacial score (nSPS) is 17.2. The molecule has 1 aromatic heterocycles. The molecule has 1 aromatic rings. The number of hydrogen-bond donors (Lipinski definition) is 1. The molecule has 1 aliphatic rings. The van der Waals surface area contributed by atoms with E-state index in [1.165, 1.54) is 18.0 Å². The van der Waals surface area contributed by atoms with E-state index in [0.717, 1.165) is 6.42 Å². The van der Waals surface area contributed by atoms with Crippen LogP contribution in [0.4, 0.5) is 0 Å². The molecule has 5 nitrogen and oxygen atoms in total. The zero-order valence-electron chi connectivity index (χ0n) is 10.9. The Bertz CT molecular complexity index is 492. The fraction of sp³-hybridized carbons (Fsp3) is 0.583. The van der Waals surface area contributed by atoms with Gasteiger partial charge in [-0.1, -0.05) is 36.7 Å². The largest absolute Gasteiger partial charge is 0.386 e. The number of nitrogens with zero attached hydrogens (tertiary/aromatic N) is 3. The summed E-state index contributed by atoms with van der Waals surface area (Å²) < 4.78 is 0. The maximum absolute atomic E-state index is 12.2. The molecule has 0 unspecified atom stereocenters. The van der Waals surface area contributed by atoms with Gasteiger partial charge >= 0.3 is 0 Å². The van der Waals surface area contributed by atoms with Gasteiger partial charge in [-0.3, -0.25) is 4.79 Å². The third kappa shape index (κ3) is 3.01. The average molecular weight is 302 g/mol.